The van der Waals surface area contributed by atoms with Crippen LogP contribution in [-0.2, 0) is 21.4 Å². The number of hydrogen-bond donors (Lipinski definition) is 1. The fraction of sp³-hybridized carbons (Fsp3) is 0.750. The number of carbonyl (C=O) groups excluding carboxylic acids is 1. The van der Waals surface area contributed by atoms with E-state index in [9.17, 15) is 13.2 Å². The average molecular weight is 356 g/mol. The molecule has 1 aliphatic carbocycles. The van der Waals surface area contributed by atoms with E-state index in [-0.39, 0.29) is 23.4 Å². The van der Waals surface area contributed by atoms with Crippen LogP contribution in [0.25, 0.3) is 0 Å². The van der Waals surface area contributed by atoms with Gasteiger partial charge in [0.05, 0.1) is 11.4 Å². The minimum atomic E-state index is -3.59. The summed E-state index contributed by atoms with van der Waals surface area (Å²) in [5, 5.41) is 7.26. The molecule has 1 amide bonds. The highest BCUT2D eigenvalue weighted by molar-refractivity contribution is 7.89. The molecule has 0 radical (unpaired) electrons. The quantitative estimate of drug-likeness (QED) is 0.764. The molecule has 1 N–H and O–H groups in total. The lowest BCUT2D eigenvalue weighted by Crippen LogP contribution is -2.36. The minimum absolute atomic E-state index is 0.0392. The van der Waals surface area contributed by atoms with Gasteiger partial charge in [-0.25, -0.2) is 8.42 Å². The molecule has 0 spiro atoms. The number of amides is 1. The Morgan fingerprint density at radius 1 is 1.33 bits per heavy atom. The van der Waals surface area contributed by atoms with Crippen molar-refractivity contribution in [3.63, 3.8) is 0 Å². The summed E-state index contributed by atoms with van der Waals surface area (Å²) in [6, 6.07) is 0.161. The smallest absolute Gasteiger partial charge is 0.246 e. The van der Waals surface area contributed by atoms with Gasteiger partial charge in [-0.1, -0.05) is 13.8 Å². The summed E-state index contributed by atoms with van der Waals surface area (Å²) in [5.41, 5.74) is 0.941. The molecule has 1 atom stereocenters. The van der Waals surface area contributed by atoms with Gasteiger partial charge in [-0.15, -0.1) is 0 Å². The lowest BCUT2D eigenvalue weighted by molar-refractivity contribution is -0.122. The number of carbonyl (C=O) groups is 1. The van der Waals surface area contributed by atoms with E-state index in [0.29, 0.717) is 30.4 Å². The molecule has 136 valence electrons. The third-order valence-electron chi connectivity index (χ3n) is 4.63. The van der Waals surface area contributed by atoms with Crippen molar-refractivity contribution in [1.29, 1.82) is 0 Å². The molecule has 1 heterocycles. The van der Waals surface area contributed by atoms with E-state index in [1.165, 1.54) is 8.99 Å². The maximum atomic E-state index is 12.8. The molecular weight excluding hydrogens is 328 g/mol. The maximum absolute atomic E-state index is 12.8. The van der Waals surface area contributed by atoms with Crippen LogP contribution in [0.15, 0.2) is 4.90 Å². The molecule has 24 heavy (non-hydrogen) atoms. The van der Waals surface area contributed by atoms with Gasteiger partial charge in [-0.05, 0) is 39.5 Å². The van der Waals surface area contributed by atoms with Crippen LogP contribution >= 0.6 is 0 Å². The Morgan fingerprint density at radius 2 is 1.92 bits per heavy atom. The van der Waals surface area contributed by atoms with E-state index in [1.54, 1.807) is 13.8 Å². The van der Waals surface area contributed by atoms with Crippen molar-refractivity contribution < 1.29 is 13.2 Å². The summed E-state index contributed by atoms with van der Waals surface area (Å²) in [4.78, 5) is 12.4. The van der Waals surface area contributed by atoms with E-state index < -0.39 is 10.0 Å². The van der Waals surface area contributed by atoms with E-state index in [4.69, 9.17) is 0 Å². The molecule has 1 fully saturated rings. The van der Waals surface area contributed by atoms with Crippen LogP contribution in [0.4, 0.5) is 0 Å². The van der Waals surface area contributed by atoms with Crippen molar-refractivity contribution in [1.82, 2.24) is 19.4 Å². The van der Waals surface area contributed by atoms with Crippen molar-refractivity contribution in [2.45, 2.75) is 64.9 Å². The van der Waals surface area contributed by atoms with Crippen molar-refractivity contribution >= 4 is 15.9 Å². The third-order valence-corrected chi connectivity index (χ3v) is 6.93. The van der Waals surface area contributed by atoms with Crippen LogP contribution in [0.3, 0.4) is 0 Å². The molecule has 1 saturated carbocycles. The Bertz CT molecular complexity index is 703. The maximum Gasteiger partial charge on any atom is 0.246 e. The number of nitrogens with one attached hydrogen (secondary N) is 1. The molecule has 0 unspecified atom stereocenters. The summed E-state index contributed by atoms with van der Waals surface area (Å²) in [6.07, 6.45) is 2.32. The zero-order valence-corrected chi connectivity index (χ0v) is 16.0. The van der Waals surface area contributed by atoms with Crippen molar-refractivity contribution in [3.05, 3.63) is 11.4 Å². The van der Waals surface area contributed by atoms with Gasteiger partial charge >= 0.3 is 0 Å². The van der Waals surface area contributed by atoms with Gasteiger partial charge in [0, 0.05) is 19.1 Å². The normalized spacial score (nSPS) is 16.4. The predicted molar refractivity (Wildman–Crippen MR) is 92.1 cm³/mol. The standard InChI is InChI=1S/C16H28N4O3S/c1-6-19(7-2)24(22,23)16-12(4)18-20(13(16)5)10-15(21)17-11(3)14-8-9-14/h11,14H,6-10H2,1-5H3,(H,17,21)/t11-/m0/s1. The first-order valence-electron chi connectivity index (χ1n) is 8.55. The van der Waals surface area contributed by atoms with Gasteiger partial charge in [0.2, 0.25) is 15.9 Å². The molecule has 0 bridgehead atoms. The predicted octanol–water partition coefficient (Wildman–Crippen LogP) is 1.45. The third kappa shape index (κ3) is 3.80. The second-order valence-electron chi connectivity index (χ2n) is 6.44. The second-order valence-corrected chi connectivity index (χ2v) is 8.32. The Labute approximate surface area is 144 Å². The summed E-state index contributed by atoms with van der Waals surface area (Å²) in [5.74, 6) is 0.444. The van der Waals surface area contributed by atoms with Crippen LogP contribution in [0.2, 0.25) is 0 Å². The first-order valence-corrected chi connectivity index (χ1v) is 9.99. The summed E-state index contributed by atoms with van der Waals surface area (Å²) >= 11 is 0. The highest BCUT2D eigenvalue weighted by Gasteiger charge is 2.31. The fourth-order valence-corrected chi connectivity index (χ4v) is 4.88. The van der Waals surface area contributed by atoms with Crippen LogP contribution in [-0.4, -0.2) is 47.5 Å². The van der Waals surface area contributed by atoms with Crippen molar-refractivity contribution in [2.24, 2.45) is 5.92 Å². The highest BCUT2D eigenvalue weighted by atomic mass is 32.2. The molecule has 0 saturated heterocycles. The summed E-state index contributed by atoms with van der Waals surface area (Å²) in [7, 11) is -3.59. The van der Waals surface area contributed by atoms with Gasteiger partial charge in [0.25, 0.3) is 0 Å². The molecule has 8 heteroatoms. The van der Waals surface area contributed by atoms with Crippen molar-refractivity contribution in [3.8, 4) is 0 Å². The van der Waals surface area contributed by atoms with Crippen LogP contribution in [0.5, 0.6) is 0 Å². The van der Waals surface area contributed by atoms with E-state index in [0.717, 1.165) is 12.8 Å². The molecular formula is C16H28N4O3S. The Kier molecular flexibility index (Phi) is 5.70. The van der Waals surface area contributed by atoms with Gasteiger partial charge in [-0.3, -0.25) is 9.48 Å². The minimum Gasteiger partial charge on any atom is -0.352 e. The molecule has 0 aromatic carbocycles. The van der Waals surface area contributed by atoms with Crippen LogP contribution in [0.1, 0.15) is 45.0 Å². The van der Waals surface area contributed by atoms with E-state index in [2.05, 4.69) is 10.4 Å². The topological polar surface area (TPSA) is 84.3 Å². The second kappa shape index (κ2) is 7.23. The number of aryl methyl sites for hydroxylation is 1. The first-order chi connectivity index (χ1) is 11.2. The lowest BCUT2D eigenvalue weighted by Gasteiger charge is -2.18. The fourth-order valence-electron chi connectivity index (χ4n) is 3.05. The number of sulfonamides is 1. The zero-order chi connectivity index (χ0) is 18.1. The Morgan fingerprint density at radius 3 is 2.42 bits per heavy atom. The number of hydrogen-bond acceptors (Lipinski definition) is 4. The van der Waals surface area contributed by atoms with Gasteiger partial charge in [0.1, 0.15) is 11.4 Å². The monoisotopic (exact) mass is 356 g/mol. The highest BCUT2D eigenvalue weighted by Crippen LogP contribution is 2.32. The Balaban J connectivity index is 2.20. The first kappa shape index (κ1) is 18.9. The van der Waals surface area contributed by atoms with Crippen LogP contribution in [0, 0.1) is 19.8 Å². The molecule has 1 aliphatic rings. The van der Waals surface area contributed by atoms with Gasteiger partial charge < -0.3 is 5.32 Å². The van der Waals surface area contributed by atoms with E-state index in [1.807, 2.05) is 20.8 Å². The van der Waals surface area contributed by atoms with Gasteiger partial charge in [0.15, 0.2) is 0 Å². The van der Waals surface area contributed by atoms with E-state index >= 15 is 0 Å². The molecule has 0 aliphatic heterocycles. The molecule has 1 aromatic heterocycles. The van der Waals surface area contributed by atoms with Gasteiger partial charge in [-0.2, -0.15) is 9.40 Å². The van der Waals surface area contributed by atoms with Crippen LogP contribution < -0.4 is 5.32 Å². The number of rotatable bonds is 8. The zero-order valence-electron chi connectivity index (χ0n) is 15.2. The average Bonchev–Trinajstić information content (AvgIpc) is 3.27. The number of nitrogens with zero attached hydrogens (tertiary/aromatic N) is 3. The van der Waals surface area contributed by atoms with Crippen molar-refractivity contribution in [2.75, 3.05) is 13.1 Å². The largest absolute Gasteiger partial charge is 0.352 e. The molecule has 1 aromatic rings. The molecule has 2 rings (SSSR count). The summed E-state index contributed by atoms with van der Waals surface area (Å²) in [6.45, 7) is 9.85. The number of aromatic nitrogens is 2. The SMILES string of the molecule is CCN(CC)S(=O)(=O)c1c(C)nn(CC(=O)N[C@@H](C)C2CC2)c1C. The Hall–Kier alpha value is -1.41. The summed E-state index contributed by atoms with van der Waals surface area (Å²) < 4.78 is 28.5. The molecule has 7 nitrogen and oxygen atoms in total. The lowest BCUT2D eigenvalue weighted by atomic mass is 10.2.